The summed E-state index contributed by atoms with van der Waals surface area (Å²) < 4.78 is 0. The molecule has 64 heavy (non-hydrogen) atoms. The molecule has 0 aliphatic rings. The van der Waals surface area contributed by atoms with Crippen LogP contribution in [0.1, 0.15) is 107 Å². The Hall–Kier alpha value is -9.43. The molecule has 0 atom stereocenters. The predicted molar refractivity (Wildman–Crippen MR) is 237 cm³/mol. The van der Waals surface area contributed by atoms with Crippen LogP contribution in [0, 0.1) is 35.5 Å². The van der Waals surface area contributed by atoms with Crippen LogP contribution in [-0.4, -0.2) is 55.4 Å². The smallest absolute Gasteiger partial charge is 0.335 e. The molecule has 0 fully saturated rings. The Labute approximate surface area is 366 Å². The minimum atomic E-state index is -1.25. The van der Waals surface area contributed by atoms with Gasteiger partial charge >= 0.3 is 29.8 Å². The molecular weight excluding hydrogens is 809 g/mol. The first-order valence-corrected chi connectivity index (χ1v) is 19.3. The second kappa shape index (κ2) is 18.5. The highest BCUT2D eigenvalue weighted by atomic mass is 16.4. The third-order valence-electron chi connectivity index (χ3n) is 10.3. The Morgan fingerprint density at radius 3 is 0.703 bits per heavy atom. The molecule has 10 heteroatoms. The maximum Gasteiger partial charge on any atom is 0.335 e. The van der Waals surface area contributed by atoms with E-state index in [4.69, 9.17) is 0 Å². The molecule has 0 radical (unpaired) electrons. The number of carboxylic acid groups (broad SMARTS) is 5. The van der Waals surface area contributed by atoms with Gasteiger partial charge < -0.3 is 25.5 Å². The molecule has 0 unspecified atom stereocenters. The molecule has 0 saturated carbocycles. The Bertz CT molecular complexity index is 2980. The van der Waals surface area contributed by atoms with Gasteiger partial charge in [-0.05, 0) is 138 Å². The van der Waals surface area contributed by atoms with Gasteiger partial charge in [-0.3, -0.25) is 0 Å². The largest absolute Gasteiger partial charge is 0.478 e. The quantitative estimate of drug-likeness (QED) is 0.0695. The van der Waals surface area contributed by atoms with Crippen LogP contribution >= 0.6 is 0 Å². The third kappa shape index (κ3) is 9.46. The fourth-order valence-electron chi connectivity index (χ4n) is 7.05. The zero-order valence-corrected chi connectivity index (χ0v) is 33.4. The molecule has 7 aromatic rings. The molecule has 5 N–H and O–H groups in total. The fraction of sp³-hybridized carbons (Fsp3) is 0.0185. The van der Waals surface area contributed by atoms with Crippen LogP contribution in [0.4, 0.5) is 0 Å². The van der Waals surface area contributed by atoms with Crippen LogP contribution < -0.4 is 0 Å². The van der Waals surface area contributed by atoms with E-state index < -0.39 is 35.3 Å². The average molecular weight is 841 g/mol. The molecule has 10 nitrogen and oxygen atoms in total. The van der Waals surface area contributed by atoms with E-state index in [0.29, 0.717) is 27.8 Å². The van der Waals surface area contributed by atoms with E-state index in [9.17, 15) is 49.5 Å². The lowest BCUT2D eigenvalue weighted by Crippen LogP contribution is -2.31. The molecule has 0 heterocycles. The maximum atomic E-state index is 11.8. The van der Waals surface area contributed by atoms with Crippen molar-refractivity contribution in [1.29, 1.82) is 0 Å². The van der Waals surface area contributed by atoms with Crippen LogP contribution in [0.5, 0.6) is 0 Å². The van der Waals surface area contributed by atoms with Crippen molar-refractivity contribution in [2.45, 2.75) is 5.41 Å². The van der Waals surface area contributed by atoms with Gasteiger partial charge in [0.1, 0.15) is 0 Å². The summed E-state index contributed by atoms with van der Waals surface area (Å²) in [6, 6.07) is 44.9. The monoisotopic (exact) mass is 840 g/mol. The first kappa shape index (κ1) is 42.7. The normalized spacial score (nSPS) is 10.4. The Balaban J connectivity index is 1.13. The van der Waals surface area contributed by atoms with E-state index in [1.54, 1.807) is 60.7 Å². The van der Waals surface area contributed by atoms with E-state index in [1.165, 1.54) is 48.5 Å². The van der Waals surface area contributed by atoms with Crippen molar-refractivity contribution in [3.8, 4) is 35.5 Å². The van der Waals surface area contributed by atoms with E-state index in [0.717, 1.165) is 28.3 Å². The summed E-state index contributed by atoms with van der Waals surface area (Å²) in [4.78, 5) is 58.3. The number of carbonyl (C=O) groups is 5. The Kier molecular flexibility index (Phi) is 12.3. The molecule has 0 aliphatic carbocycles. The van der Waals surface area contributed by atoms with Gasteiger partial charge in [0.2, 0.25) is 0 Å². The zero-order valence-electron chi connectivity index (χ0n) is 33.4. The molecular formula is C54H32O10. The standard InChI is InChI=1S/C54H32O10/c55-49(56)40-17-25-46(26-18-40)54(47-27-19-41(20-28-47)50(57)58,48-29-21-42(22-30-48)51(59)60)45-23-15-38(16-24-45)12-11-36-5-3-34(4-6-36)1-2-35-7-9-37(10-8-35)13-14-39-31-43(52(61)62)33-44(32-39)53(63)64/h3-10,15-33H,(H,55,56)(H,57,58)(H,59,60)(H,61,62)(H,63,64). The molecule has 0 aliphatic heterocycles. The lowest BCUT2D eigenvalue weighted by Gasteiger charge is -2.37. The van der Waals surface area contributed by atoms with Crippen molar-refractivity contribution in [3.63, 3.8) is 0 Å². The SMILES string of the molecule is O=C(O)c1ccc(C(c2ccc(C#Cc3ccc(C#Cc4ccc(C#Cc5cc(C(=O)O)cc(C(=O)O)c5)cc4)cc3)cc2)(c2ccc(C(=O)O)cc2)c2ccc(C(=O)O)cc2)cc1. The number of hydrogen-bond acceptors (Lipinski definition) is 5. The molecule has 0 aromatic heterocycles. The van der Waals surface area contributed by atoms with Crippen molar-refractivity contribution in [2.24, 2.45) is 0 Å². The Morgan fingerprint density at radius 1 is 0.266 bits per heavy atom. The van der Waals surface area contributed by atoms with Crippen molar-refractivity contribution >= 4 is 29.8 Å². The van der Waals surface area contributed by atoms with Crippen LogP contribution in [-0.2, 0) is 5.41 Å². The van der Waals surface area contributed by atoms with Crippen molar-refractivity contribution in [2.75, 3.05) is 0 Å². The summed E-state index contributed by atoms with van der Waals surface area (Å²) in [6.07, 6.45) is 0. The minimum Gasteiger partial charge on any atom is -0.478 e. The van der Waals surface area contributed by atoms with Crippen molar-refractivity contribution in [3.05, 3.63) is 247 Å². The predicted octanol–water partition coefficient (Wildman–Crippen LogP) is 8.76. The van der Waals surface area contributed by atoms with Gasteiger partial charge in [0.05, 0.1) is 33.2 Å². The maximum absolute atomic E-state index is 11.8. The number of carboxylic acids is 5. The second-order valence-corrected chi connectivity index (χ2v) is 14.3. The number of aromatic carboxylic acids is 5. The van der Waals surface area contributed by atoms with Gasteiger partial charge in [0, 0.05) is 33.4 Å². The number of hydrogen-bond donors (Lipinski definition) is 5. The Morgan fingerprint density at radius 2 is 0.469 bits per heavy atom. The summed E-state index contributed by atoms with van der Waals surface area (Å²) in [5.41, 5.74) is 5.28. The van der Waals surface area contributed by atoms with Crippen molar-refractivity contribution in [1.82, 2.24) is 0 Å². The minimum absolute atomic E-state index is 0.0750. The number of rotatable bonds is 9. The summed E-state index contributed by atoms with van der Waals surface area (Å²) in [6.45, 7) is 0. The molecule has 0 amide bonds. The molecule has 7 rings (SSSR count). The van der Waals surface area contributed by atoms with Gasteiger partial charge in [0.25, 0.3) is 0 Å². The summed E-state index contributed by atoms with van der Waals surface area (Å²) >= 11 is 0. The fourth-order valence-corrected chi connectivity index (χ4v) is 7.05. The highest BCUT2D eigenvalue weighted by Crippen LogP contribution is 2.45. The summed E-state index contributed by atoms with van der Waals surface area (Å²) in [5, 5.41) is 47.6. The van der Waals surface area contributed by atoms with Crippen LogP contribution in [0.2, 0.25) is 0 Å². The highest BCUT2D eigenvalue weighted by Gasteiger charge is 2.39. The van der Waals surface area contributed by atoms with Crippen LogP contribution in [0.15, 0.2) is 164 Å². The van der Waals surface area contributed by atoms with E-state index >= 15 is 0 Å². The topological polar surface area (TPSA) is 186 Å². The molecule has 0 saturated heterocycles. The first-order chi connectivity index (χ1) is 30.8. The molecule has 7 aromatic carbocycles. The van der Waals surface area contributed by atoms with E-state index in [-0.39, 0.29) is 33.4 Å². The van der Waals surface area contributed by atoms with Crippen molar-refractivity contribution < 1.29 is 49.5 Å². The highest BCUT2D eigenvalue weighted by molar-refractivity contribution is 5.94. The van der Waals surface area contributed by atoms with Crippen LogP contribution in [0.3, 0.4) is 0 Å². The van der Waals surface area contributed by atoms with Gasteiger partial charge in [-0.1, -0.05) is 84.1 Å². The lowest BCUT2D eigenvalue weighted by atomic mass is 9.65. The van der Waals surface area contributed by atoms with E-state index in [1.807, 2.05) is 48.5 Å². The third-order valence-corrected chi connectivity index (χ3v) is 10.3. The van der Waals surface area contributed by atoms with Gasteiger partial charge in [-0.25, -0.2) is 24.0 Å². The summed E-state index contributed by atoms with van der Waals surface area (Å²) in [7, 11) is 0. The van der Waals surface area contributed by atoms with Gasteiger partial charge in [0.15, 0.2) is 0 Å². The molecule has 0 bridgehead atoms. The van der Waals surface area contributed by atoms with E-state index in [2.05, 4.69) is 35.5 Å². The average Bonchev–Trinajstić information content (AvgIpc) is 3.31. The zero-order chi connectivity index (χ0) is 45.4. The molecule has 0 spiro atoms. The molecule has 308 valence electrons. The second-order valence-electron chi connectivity index (χ2n) is 14.3. The van der Waals surface area contributed by atoms with Crippen LogP contribution in [0.25, 0.3) is 0 Å². The lowest BCUT2D eigenvalue weighted by molar-refractivity contribution is 0.0679. The number of benzene rings is 7. The van der Waals surface area contributed by atoms with Gasteiger partial charge in [-0.2, -0.15) is 0 Å². The first-order valence-electron chi connectivity index (χ1n) is 19.3. The van der Waals surface area contributed by atoms with Gasteiger partial charge in [-0.15, -0.1) is 0 Å². The summed E-state index contributed by atoms with van der Waals surface area (Å²) in [5.74, 6) is 12.6.